The minimum absolute atomic E-state index is 0.185. The lowest BCUT2D eigenvalue weighted by atomic mass is 9.70. The molecule has 0 heterocycles. The normalized spacial score (nSPS) is 14.1. The second-order valence-corrected chi connectivity index (χ2v) is 18.0. The van der Waals surface area contributed by atoms with Crippen LogP contribution in [-0.2, 0) is 10.8 Å². The van der Waals surface area contributed by atoms with Crippen molar-refractivity contribution in [3.05, 3.63) is 258 Å². The molecule has 10 aromatic carbocycles. The molecular formula is C62H43N. The third-order valence-corrected chi connectivity index (χ3v) is 14.5. The molecule has 0 N–H and O–H groups in total. The van der Waals surface area contributed by atoms with Crippen molar-refractivity contribution in [1.29, 1.82) is 0 Å². The van der Waals surface area contributed by atoms with Crippen LogP contribution in [0.3, 0.4) is 0 Å². The summed E-state index contributed by atoms with van der Waals surface area (Å²) in [6.45, 7) is 4.81. The minimum atomic E-state index is -0.437. The van der Waals surface area contributed by atoms with Crippen LogP contribution >= 0.6 is 0 Å². The van der Waals surface area contributed by atoms with E-state index in [9.17, 15) is 0 Å². The van der Waals surface area contributed by atoms with E-state index in [1.165, 1.54) is 99.8 Å². The van der Waals surface area contributed by atoms with Gasteiger partial charge in [0.15, 0.2) is 0 Å². The summed E-state index contributed by atoms with van der Waals surface area (Å²) in [5.74, 6) is 0. The van der Waals surface area contributed by atoms with Gasteiger partial charge in [0, 0.05) is 22.5 Å². The molecule has 0 atom stereocenters. The predicted octanol–water partition coefficient (Wildman–Crippen LogP) is 16.3. The number of hydrogen-bond donors (Lipinski definition) is 0. The molecule has 3 aliphatic carbocycles. The Morgan fingerprint density at radius 2 is 0.762 bits per heavy atom. The van der Waals surface area contributed by atoms with Crippen LogP contribution in [0.25, 0.3) is 66.4 Å². The first-order valence-corrected chi connectivity index (χ1v) is 22.2. The molecule has 10 aromatic rings. The van der Waals surface area contributed by atoms with E-state index in [1.54, 1.807) is 0 Å². The molecule has 0 saturated heterocycles. The maximum Gasteiger partial charge on any atom is 0.0726 e. The highest BCUT2D eigenvalue weighted by atomic mass is 15.1. The van der Waals surface area contributed by atoms with Crippen molar-refractivity contribution >= 4 is 27.8 Å². The zero-order valence-electron chi connectivity index (χ0n) is 35.3. The molecule has 296 valence electrons. The molecule has 0 fully saturated rings. The molecule has 0 aromatic heterocycles. The Labute approximate surface area is 369 Å². The largest absolute Gasteiger partial charge is 0.310 e. The maximum absolute atomic E-state index is 2.51. The van der Waals surface area contributed by atoms with Crippen LogP contribution in [0.4, 0.5) is 17.1 Å². The second-order valence-electron chi connectivity index (χ2n) is 18.0. The quantitative estimate of drug-likeness (QED) is 0.168. The fourth-order valence-corrected chi connectivity index (χ4v) is 11.8. The molecule has 3 aliphatic rings. The Kier molecular flexibility index (Phi) is 7.64. The molecule has 0 unspecified atom stereocenters. The molecule has 13 rings (SSSR count). The molecule has 63 heavy (non-hydrogen) atoms. The summed E-state index contributed by atoms with van der Waals surface area (Å²) in [4.78, 5) is 2.49. The van der Waals surface area contributed by atoms with Crippen molar-refractivity contribution in [2.75, 3.05) is 4.90 Å². The summed E-state index contributed by atoms with van der Waals surface area (Å²) < 4.78 is 0. The Balaban J connectivity index is 1.05. The van der Waals surface area contributed by atoms with Crippen molar-refractivity contribution < 1.29 is 0 Å². The van der Waals surface area contributed by atoms with E-state index in [1.807, 2.05) is 0 Å². The van der Waals surface area contributed by atoms with Crippen molar-refractivity contribution in [1.82, 2.24) is 0 Å². The standard InChI is InChI=1S/C62H43N/c1-61(2)55-36-34-44(37-53(55)54-39-52(42-19-7-4-8-20-42)46-21-9-10-25-51(46)60(54)61)63(43-31-29-41(30-32-43)40-17-5-3-6-18-40)45-33-35-50-49-24-13-16-28-58(49)62(59(50)38-45)56-26-14-11-22-47(56)48-23-12-15-27-57(48)62/h3-39H,1-2H3. The molecule has 1 heteroatoms. The van der Waals surface area contributed by atoms with Crippen LogP contribution in [0.1, 0.15) is 47.2 Å². The Hall–Kier alpha value is -7.74. The SMILES string of the molecule is CC1(C)c2ccc(N(c3ccc(-c4ccccc4)cc3)c3ccc4c(c3)C3(c5ccccc5-c5ccccc53)c3ccccc3-4)cc2-c2cc(-c3ccccc3)c3ccccc3c21. The lowest BCUT2D eigenvalue weighted by Gasteiger charge is -2.32. The average molecular weight is 802 g/mol. The van der Waals surface area contributed by atoms with Crippen molar-refractivity contribution in [2.24, 2.45) is 0 Å². The minimum Gasteiger partial charge on any atom is -0.310 e. The number of fused-ring (bicyclic) bond motifs is 15. The Bertz CT molecular complexity index is 3400. The fraction of sp³-hybridized carbons (Fsp3) is 0.0645. The van der Waals surface area contributed by atoms with Gasteiger partial charge >= 0.3 is 0 Å². The van der Waals surface area contributed by atoms with Gasteiger partial charge in [-0.2, -0.15) is 0 Å². The monoisotopic (exact) mass is 801 g/mol. The summed E-state index contributed by atoms with van der Waals surface area (Å²) >= 11 is 0. The van der Waals surface area contributed by atoms with Gasteiger partial charge in [-0.25, -0.2) is 0 Å². The van der Waals surface area contributed by atoms with E-state index in [0.717, 1.165) is 17.1 Å². The van der Waals surface area contributed by atoms with E-state index < -0.39 is 5.41 Å². The van der Waals surface area contributed by atoms with Gasteiger partial charge in [-0.3, -0.25) is 0 Å². The first-order chi connectivity index (χ1) is 31.0. The molecule has 1 spiro atoms. The van der Waals surface area contributed by atoms with Gasteiger partial charge in [0.25, 0.3) is 0 Å². The Morgan fingerprint density at radius 1 is 0.286 bits per heavy atom. The van der Waals surface area contributed by atoms with Crippen molar-refractivity contribution in [3.8, 4) is 55.6 Å². The highest BCUT2D eigenvalue weighted by Crippen LogP contribution is 2.63. The van der Waals surface area contributed by atoms with Crippen LogP contribution in [0.5, 0.6) is 0 Å². The topological polar surface area (TPSA) is 3.24 Å². The van der Waals surface area contributed by atoms with Crippen molar-refractivity contribution in [2.45, 2.75) is 24.7 Å². The van der Waals surface area contributed by atoms with Crippen LogP contribution < -0.4 is 4.90 Å². The third kappa shape index (κ3) is 4.99. The van der Waals surface area contributed by atoms with Crippen LogP contribution in [0.2, 0.25) is 0 Å². The number of rotatable bonds is 5. The molecule has 0 radical (unpaired) electrons. The van der Waals surface area contributed by atoms with E-state index in [-0.39, 0.29) is 5.41 Å². The van der Waals surface area contributed by atoms with Crippen LogP contribution in [0, 0.1) is 0 Å². The summed E-state index contributed by atoms with van der Waals surface area (Å²) in [5, 5.41) is 2.62. The highest BCUT2D eigenvalue weighted by molar-refractivity contribution is 6.06. The van der Waals surface area contributed by atoms with Gasteiger partial charge in [-0.1, -0.05) is 196 Å². The van der Waals surface area contributed by atoms with E-state index in [0.29, 0.717) is 0 Å². The van der Waals surface area contributed by atoms with E-state index in [4.69, 9.17) is 0 Å². The van der Waals surface area contributed by atoms with Crippen LogP contribution in [-0.4, -0.2) is 0 Å². The van der Waals surface area contributed by atoms with Gasteiger partial charge < -0.3 is 4.90 Å². The third-order valence-electron chi connectivity index (χ3n) is 14.5. The zero-order chi connectivity index (χ0) is 41.9. The number of hydrogen-bond acceptors (Lipinski definition) is 1. The summed E-state index contributed by atoms with van der Waals surface area (Å²) in [6.07, 6.45) is 0. The maximum atomic E-state index is 2.51. The van der Waals surface area contributed by atoms with Crippen molar-refractivity contribution in [3.63, 3.8) is 0 Å². The Morgan fingerprint density at radius 3 is 1.40 bits per heavy atom. The first kappa shape index (κ1) is 36.0. The zero-order valence-corrected chi connectivity index (χ0v) is 35.3. The van der Waals surface area contributed by atoms with Gasteiger partial charge in [0.2, 0.25) is 0 Å². The fourth-order valence-electron chi connectivity index (χ4n) is 11.8. The number of nitrogens with zero attached hydrogens (tertiary/aromatic N) is 1. The van der Waals surface area contributed by atoms with Gasteiger partial charge in [-0.05, 0) is 142 Å². The number of anilines is 3. The molecular weight excluding hydrogens is 759 g/mol. The second kappa shape index (κ2) is 13.4. The lowest BCUT2D eigenvalue weighted by Crippen LogP contribution is -2.26. The van der Waals surface area contributed by atoms with Crippen LogP contribution in [0.15, 0.2) is 224 Å². The summed E-state index contributed by atoms with van der Waals surface area (Å²) in [7, 11) is 0. The van der Waals surface area contributed by atoms with E-state index in [2.05, 4.69) is 243 Å². The highest BCUT2D eigenvalue weighted by Gasteiger charge is 2.51. The molecule has 0 amide bonds. The molecule has 0 saturated carbocycles. The molecule has 1 nitrogen and oxygen atoms in total. The summed E-state index contributed by atoms with van der Waals surface area (Å²) in [6, 6.07) is 83.9. The number of benzene rings is 10. The average Bonchev–Trinajstić information content (AvgIpc) is 3.90. The van der Waals surface area contributed by atoms with Gasteiger partial charge in [0.05, 0.1) is 5.41 Å². The predicted molar refractivity (Wildman–Crippen MR) is 263 cm³/mol. The van der Waals surface area contributed by atoms with E-state index >= 15 is 0 Å². The van der Waals surface area contributed by atoms with Gasteiger partial charge in [-0.15, -0.1) is 0 Å². The summed E-state index contributed by atoms with van der Waals surface area (Å²) in [5.41, 5.74) is 23.7. The molecule has 0 bridgehead atoms. The first-order valence-electron chi connectivity index (χ1n) is 22.2. The lowest BCUT2D eigenvalue weighted by molar-refractivity contribution is 0.666. The smallest absolute Gasteiger partial charge is 0.0726 e. The molecule has 0 aliphatic heterocycles. The van der Waals surface area contributed by atoms with Gasteiger partial charge in [0.1, 0.15) is 0 Å².